The molecule has 0 spiro atoms. The number of nitrogens with zero attached hydrogens (tertiary/aromatic N) is 6. The fraction of sp³-hybridized carbons (Fsp3) is 0.154. The van der Waals surface area contributed by atoms with Crippen LogP contribution in [-0.2, 0) is 9.53 Å². The quantitative estimate of drug-likeness (QED) is 0.110. The predicted octanol–water partition coefficient (Wildman–Crippen LogP) is 5.25. The number of hydrogen-bond donors (Lipinski definition) is 0. The number of nitro benzene ring substituents is 1. The summed E-state index contributed by atoms with van der Waals surface area (Å²) in [5, 5.41) is 18.0. The minimum Gasteiger partial charge on any atom is -0.446 e. The van der Waals surface area contributed by atoms with Gasteiger partial charge in [-0.2, -0.15) is 0 Å². The lowest BCUT2D eigenvalue weighted by Gasteiger charge is -2.56. The number of benzene rings is 2. The molecule has 2 aromatic heterocycles. The second kappa shape index (κ2) is 8.93. The molecule has 1 fully saturated rings. The van der Waals surface area contributed by atoms with E-state index in [2.05, 4.69) is 9.97 Å². The van der Waals surface area contributed by atoms with Crippen molar-refractivity contribution in [1.29, 1.82) is 0 Å². The number of aromatic nitrogens is 2. The van der Waals surface area contributed by atoms with Gasteiger partial charge in [0.25, 0.3) is 11.6 Å². The van der Waals surface area contributed by atoms with Crippen molar-refractivity contribution < 1.29 is 14.5 Å². The van der Waals surface area contributed by atoms with Gasteiger partial charge in [-0.15, -0.1) is 16.7 Å². The SMILES string of the molecule is CC1(N2N=C(c3ccncc3)OC2c2cc3ccccc3nc2Cl)C(Cl)C(=O)N1c1ccccc1[N+](=O)[O-]. The zero-order valence-corrected chi connectivity index (χ0v) is 21.2. The summed E-state index contributed by atoms with van der Waals surface area (Å²) in [6.07, 6.45) is 2.25. The van der Waals surface area contributed by atoms with Gasteiger partial charge in [0.1, 0.15) is 10.8 Å². The van der Waals surface area contributed by atoms with E-state index in [4.69, 9.17) is 33.0 Å². The first-order chi connectivity index (χ1) is 18.3. The van der Waals surface area contributed by atoms with Gasteiger partial charge in [0.2, 0.25) is 12.1 Å². The number of para-hydroxylation sites is 3. The number of hydrazone groups is 1. The number of carbonyl (C=O) groups is 1. The molecular formula is C26H18Cl2N6O4. The Morgan fingerprint density at radius 1 is 1.08 bits per heavy atom. The average molecular weight is 549 g/mol. The minimum atomic E-state index is -1.36. The first-order valence-corrected chi connectivity index (χ1v) is 12.3. The molecule has 2 aliphatic heterocycles. The third-order valence-corrected chi connectivity index (χ3v) is 7.60. The van der Waals surface area contributed by atoms with E-state index in [9.17, 15) is 14.9 Å². The summed E-state index contributed by atoms with van der Waals surface area (Å²) in [6.45, 7) is 1.68. The molecule has 2 aromatic carbocycles. The van der Waals surface area contributed by atoms with Crippen LogP contribution in [0.5, 0.6) is 0 Å². The molecule has 6 rings (SSSR count). The lowest BCUT2D eigenvalue weighted by atomic mass is 9.91. The highest BCUT2D eigenvalue weighted by atomic mass is 35.5. The summed E-state index contributed by atoms with van der Waals surface area (Å²) >= 11 is 13.3. The molecule has 2 aliphatic rings. The molecule has 0 saturated carbocycles. The third-order valence-electron chi connectivity index (χ3n) is 6.70. The zero-order chi connectivity index (χ0) is 26.6. The van der Waals surface area contributed by atoms with Crippen LogP contribution < -0.4 is 4.90 Å². The largest absolute Gasteiger partial charge is 0.446 e. The topological polar surface area (TPSA) is 114 Å². The van der Waals surface area contributed by atoms with Crippen LogP contribution in [0, 0.1) is 10.1 Å². The molecule has 0 N–H and O–H groups in total. The lowest BCUT2D eigenvalue weighted by Crippen LogP contribution is -2.77. The summed E-state index contributed by atoms with van der Waals surface area (Å²) in [5.41, 5.74) is 0.314. The van der Waals surface area contributed by atoms with Gasteiger partial charge < -0.3 is 4.74 Å². The summed E-state index contributed by atoms with van der Waals surface area (Å²) in [7, 11) is 0. The van der Waals surface area contributed by atoms with Crippen molar-refractivity contribution in [1.82, 2.24) is 15.0 Å². The number of pyridine rings is 2. The Labute approximate surface area is 226 Å². The first-order valence-electron chi connectivity index (χ1n) is 11.5. The third kappa shape index (κ3) is 3.56. The normalized spacial score (nSPS) is 22.7. The maximum atomic E-state index is 13.2. The van der Waals surface area contributed by atoms with E-state index in [1.54, 1.807) is 37.5 Å². The fourth-order valence-corrected chi connectivity index (χ4v) is 5.31. The fourth-order valence-electron chi connectivity index (χ4n) is 4.77. The molecule has 38 heavy (non-hydrogen) atoms. The van der Waals surface area contributed by atoms with Crippen LogP contribution in [0.2, 0.25) is 5.15 Å². The molecule has 12 heteroatoms. The van der Waals surface area contributed by atoms with Gasteiger partial charge in [-0.25, -0.2) is 9.99 Å². The van der Waals surface area contributed by atoms with E-state index in [1.165, 1.54) is 28.1 Å². The lowest BCUT2D eigenvalue weighted by molar-refractivity contribution is -0.384. The van der Waals surface area contributed by atoms with Crippen molar-refractivity contribution in [3.8, 4) is 0 Å². The van der Waals surface area contributed by atoms with Crippen molar-refractivity contribution >= 4 is 57.3 Å². The van der Waals surface area contributed by atoms with Crippen LogP contribution in [0.3, 0.4) is 0 Å². The van der Waals surface area contributed by atoms with Gasteiger partial charge in [-0.1, -0.05) is 41.9 Å². The van der Waals surface area contributed by atoms with Crippen LogP contribution in [-0.4, -0.2) is 42.7 Å². The molecule has 1 amide bonds. The monoisotopic (exact) mass is 548 g/mol. The highest BCUT2D eigenvalue weighted by Crippen LogP contribution is 2.51. The number of hydrogen-bond acceptors (Lipinski definition) is 8. The number of alkyl halides is 1. The van der Waals surface area contributed by atoms with Crippen molar-refractivity contribution in [2.75, 3.05) is 4.90 Å². The zero-order valence-electron chi connectivity index (χ0n) is 19.7. The van der Waals surface area contributed by atoms with Crippen molar-refractivity contribution in [3.05, 3.63) is 106 Å². The number of fused-ring (bicyclic) bond motifs is 1. The molecule has 4 aromatic rings. The maximum Gasteiger partial charge on any atom is 0.293 e. The van der Waals surface area contributed by atoms with Crippen LogP contribution in [0.25, 0.3) is 10.9 Å². The predicted molar refractivity (Wildman–Crippen MR) is 142 cm³/mol. The summed E-state index contributed by atoms with van der Waals surface area (Å²) in [5.74, 6) is -0.258. The van der Waals surface area contributed by atoms with Crippen LogP contribution in [0.15, 0.2) is 84.2 Å². The Balaban J connectivity index is 1.52. The number of rotatable bonds is 5. The van der Waals surface area contributed by atoms with E-state index in [-0.39, 0.29) is 22.4 Å². The number of β-lactam (4-membered cyclic amide) rings is 1. The van der Waals surface area contributed by atoms with Gasteiger partial charge in [0, 0.05) is 29.4 Å². The van der Waals surface area contributed by atoms with Crippen LogP contribution in [0.4, 0.5) is 11.4 Å². The molecule has 0 radical (unpaired) electrons. The Hall–Kier alpha value is -4.28. The summed E-state index contributed by atoms with van der Waals surface area (Å²) in [6, 6.07) is 18.8. The number of halogens is 2. The van der Waals surface area contributed by atoms with Crippen molar-refractivity contribution in [2.45, 2.75) is 24.2 Å². The minimum absolute atomic E-state index is 0.0935. The van der Waals surface area contributed by atoms with Gasteiger partial charge in [0.05, 0.1) is 16.0 Å². The van der Waals surface area contributed by atoms with Gasteiger partial charge in [0.15, 0.2) is 11.0 Å². The standard InChI is InChI=1S/C26H18Cl2N6O4/c1-26(21(27)24(35)32(26)19-8-4-5-9-20(19)34(36)37)33-25(38-23(31-33)15-10-12-29-13-11-15)17-14-16-6-2-3-7-18(16)30-22(17)28/h2-14,21,25H,1H3. The second-order valence-corrected chi connectivity index (χ2v) is 9.69. The van der Waals surface area contributed by atoms with E-state index < -0.39 is 28.1 Å². The molecule has 0 bridgehead atoms. The molecule has 190 valence electrons. The maximum absolute atomic E-state index is 13.2. The number of nitro groups is 1. The molecule has 4 heterocycles. The van der Waals surface area contributed by atoms with Crippen molar-refractivity contribution in [3.63, 3.8) is 0 Å². The number of ether oxygens (including phenoxy) is 1. The molecule has 0 aliphatic carbocycles. The first kappa shape index (κ1) is 24.1. The summed E-state index contributed by atoms with van der Waals surface area (Å²) in [4.78, 5) is 34.3. The molecule has 3 unspecified atom stereocenters. The average Bonchev–Trinajstić information content (AvgIpc) is 3.38. The Morgan fingerprint density at radius 3 is 2.55 bits per heavy atom. The number of anilines is 1. The van der Waals surface area contributed by atoms with Crippen LogP contribution in [0.1, 0.15) is 24.3 Å². The second-order valence-electron chi connectivity index (χ2n) is 8.89. The van der Waals surface area contributed by atoms with Gasteiger partial charge in [-0.3, -0.25) is 24.8 Å². The molecule has 3 atom stereocenters. The van der Waals surface area contributed by atoms with E-state index >= 15 is 0 Å². The number of carbonyl (C=O) groups excluding carboxylic acids is 1. The van der Waals surface area contributed by atoms with E-state index in [0.717, 1.165) is 5.39 Å². The smallest absolute Gasteiger partial charge is 0.293 e. The van der Waals surface area contributed by atoms with Gasteiger partial charge in [-0.05, 0) is 37.3 Å². The Kier molecular flexibility index (Phi) is 5.66. The van der Waals surface area contributed by atoms with E-state index in [0.29, 0.717) is 16.6 Å². The van der Waals surface area contributed by atoms with Crippen molar-refractivity contribution in [2.24, 2.45) is 5.10 Å². The molecular weight excluding hydrogens is 531 g/mol. The Bertz CT molecular complexity index is 1630. The highest BCUT2D eigenvalue weighted by molar-refractivity contribution is 6.38. The Morgan fingerprint density at radius 2 is 1.79 bits per heavy atom. The summed E-state index contributed by atoms with van der Waals surface area (Å²) < 4.78 is 6.34. The van der Waals surface area contributed by atoms with Crippen LogP contribution >= 0.6 is 23.2 Å². The molecule has 1 saturated heterocycles. The molecule has 10 nitrogen and oxygen atoms in total. The number of amides is 1. The van der Waals surface area contributed by atoms with Gasteiger partial charge >= 0.3 is 0 Å². The highest BCUT2D eigenvalue weighted by Gasteiger charge is 2.65. The van der Waals surface area contributed by atoms with E-state index in [1.807, 2.05) is 30.3 Å².